The number of halogens is 4. The van der Waals surface area contributed by atoms with Gasteiger partial charge in [-0.3, -0.25) is 0 Å². The summed E-state index contributed by atoms with van der Waals surface area (Å²) in [4.78, 5) is 7.85. The monoisotopic (exact) mass is 504 g/mol. The third kappa shape index (κ3) is 3.49. The maximum Gasteiger partial charge on any atom is 0.250 e. The van der Waals surface area contributed by atoms with Crippen LogP contribution in [0.4, 0.5) is 0 Å². The summed E-state index contributed by atoms with van der Waals surface area (Å²) < 4.78 is 11.1. The molecular weight excluding hydrogens is 494 g/mol. The van der Waals surface area contributed by atoms with Gasteiger partial charge in [-0.2, -0.15) is 0 Å². The molecule has 0 atom stereocenters. The van der Waals surface area contributed by atoms with E-state index in [0.717, 1.165) is 11.0 Å². The van der Waals surface area contributed by atoms with Gasteiger partial charge in [-0.15, -0.1) is 10.2 Å². The van der Waals surface area contributed by atoms with Crippen molar-refractivity contribution >= 4 is 57.4 Å². The van der Waals surface area contributed by atoms with Crippen molar-refractivity contribution in [3.63, 3.8) is 0 Å². The number of benzene rings is 3. The molecule has 0 unspecified atom stereocenters. The zero-order valence-electron chi connectivity index (χ0n) is 16.3. The number of ether oxygens (including phenoxy) is 1. The highest BCUT2D eigenvalue weighted by Gasteiger charge is 2.28. The van der Waals surface area contributed by atoms with Gasteiger partial charge in [0.05, 0.1) is 49.4 Å². The highest BCUT2D eigenvalue weighted by atomic mass is 35.5. The van der Waals surface area contributed by atoms with E-state index in [1.165, 1.54) is 0 Å². The van der Waals surface area contributed by atoms with Gasteiger partial charge in [0.25, 0.3) is 5.89 Å². The lowest BCUT2D eigenvalue weighted by Gasteiger charge is -2.12. The number of hydrogen-bond donors (Lipinski definition) is 1. The fourth-order valence-corrected chi connectivity index (χ4v) is 4.32. The van der Waals surface area contributed by atoms with Gasteiger partial charge >= 0.3 is 0 Å². The first-order chi connectivity index (χ1) is 15.5. The summed E-state index contributed by atoms with van der Waals surface area (Å²) in [5.41, 5.74) is 3.01. The molecule has 6 nitrogen and oxygen atoms in total. The van der Waals surface area contributed by atoms with Gasteiger partial charge in [-0.1, -0.05) is 58.5 Å². The lowest BCUT2D eigenvalue weighted by Crippen LogP contribution is -1.93. The van der Waals surface area contributed by atoms with Crippen molar-refractivity contribution < 1.29 is 9.15 Å². The second kappa shape index (κ2) is 8.30. The van der Waals surface area contributed by atoms with Gasteiger partial charge in [0.1, 0.15) is 11.6 Å². The van der Waals surface area contributed by atoms with E-state index in [1.807, 2.05) is 24.3 Å². The predicted octanol–water partition coefficient (Wildman–Crippen LogP) is 7.57. The Bertz CT molecular complexity index is 1430. The molecule has 10 heteroatoms. The van der Waals surface area contributed by atoms with Crippen LogP contribution >= 0.6 is 46.4 Å². The Labute approximate surface area is 202 Å². The first kappa shape index (κ1) is 21.1. The molecule has 1 N–H and O–H groups in total. The molecule has 0 aliphatic heterocycles. The Hall–Kier alpha value is -2.77. The van der Waals surface area contributed by atoms with Crippen molar-refractivity contribution in [1.29, 1.82) is 0 Å². The van der Waals surface area contributed by atoms with Crippen LogP contribution in [-0.4, -0.2) is 27.3 Å². The van der Waals surface area contributed by atoms with Gasteiger partial charge < -0.3 is 14.1 Å². The lowest BCUT2D eigenvalue weighted by atomic mass is 10.1. The number of aromatic nitrogens is 4. The van der Waals surface area contributed by atoms with Crippen LogP contribution < -0.4 is 4.74 Å². The molecule has 0 amide bonds. The molecule has 2 heterocycles. The average molecular weight is 506 g/mol. The van der Waals surface area contributed by atoms with Crippen LogP contribution in [0.5, 0.6) is 5.75 Å². The second-order valence-corrected chi connectivity index (χ2v) is 8.26. The third-order valence-electron chi connectivity index (χ3n) is 4.87. The number of nitrogens with one attached hydrogen (secondary N) is 1. The SMILES string of the molecule is COc1ccc(-c2nnc(-c3c(Cl)c(Cl)c(Cl)c(Cl)c3-c3nc4ccccc4[nH]3)o2)cc1. The molecule has 2 aromatic heterocycles. The quantitative estimate of drug-likeness (QED) is 0.201. The second-order valence-electron chi connectivity index (χ2n) is 6.75. The van der Waals surface area contributed by atoms with Gasteiger partial charge in [0.15, 0.2) is 0 Å². The molecule has 0 aliphatic carbocycles. The largest absolute Gasteiger partial charge is 0.497 e. The summed E-state index contributed by atoms with van der Waals surface area (Å²) in [7, 11) is 1.59. The number of aromatic amines is 1. The Morgan fingerprint density at radius 3 is 2.12 bits per heavy atom. The summed E-state index contributed by atoms with van der Waals surface area (Å²) >= 11 is 25.9. The molecule has 0 saturated carbocycles. The van der Waals surface area contributed by atoms with Gasteiger partial charge in [-0.05, 0) is 36.4 Å². The number of para-hydroxylation sites is 2. The van der Waals surface area contributed by atoms with Crippen LogP contribution in [0.2, 0.25) is 20.1 Å². The Morgan fingerprint density at radius 2 is 1.44 bits per heavy atom. The van der Waals surface area contributed by atoms with E-state index in [0.29, 0.717) is 28.3 Å². The van der Waals surface area contributed by atoms with Crippen LogP contribution in [-0.2, 0) is 0 Å². The fraction of sp³-hybridized carbons (Fsp3) is 0.0455. The first-order valence-corrected chi connectivity index (χ1v) is 10.8. The summed E-state index contributed by atoms with van der Waals surface area (Å²) in [6.45, 7) is 0. The molecule has 0 radical (unpaired) electrons. The van der Waals surface area contributed by atoms with Crippen molar-refractivity contribution in [3.8, 4) is 40.0 Å². The predicted molar refractivity (Wildman–Crippen MR) is 127 cm³/mol. The molecule has 5 aromatic rings. The fourth-order valence-electron chi connectivity index (χ4n) is 3.30. The maximum absolute atomic E-state index is 6.61. The normalized spacial score (nSPS) is 11.3. The maximum atomic E-state index is 6.61. The summed E-state index contributed by atoms with van der Waals surface area (Å²) in [6.07, 6.45) is 0. The van der Waals surface area contributed by atoms with Crippen molar-refractivity contribution in [3.05, 3.63) is 68.6 Å². The standard InChI is InChI=1S/C22H12Cl4N4O2/c1-31-11-8-6-10(7-9-11)21-29-30-22(32-21)15-14(16(23)18(25)19(26)17(15)24)20-27-12-4-2-3-5-13(12)28-20/h2-9H,1H3,(H,27,28). The van der Waals surface area contributed by atoms with Gasteiger partial charge in [0, 0.05) is 5.56 Å². The van der Waals surface area contributed by atoms with Crippen molar-refractivity contribution in [2.45, 2.75) is 0 Å². The topological polar surface area (TPSA) is 76.8 Å². The molecule has 0 spiro atoms. The van der Waals surface area contributed by atoms with Crippen molar-refractivity contribution in [2.24, 2.45) is 0 Å². The number of hydrogen-bond acceptors (Lipinski definition) is 5. The van der Waals surface area contributed by atoms with E-state index in [-0.39, 0.29) is 31.9 Å². The molecule has 32 heavy (non-hydrogen) atoms. The highest BCUT2D eigenvalue weighted by molar-refractivity contribution is 6.54. The Kier molecular flexibility index (Phi) is 5.47. The van der Waals surface area contributed by atoms with E-state index in [2.05, 4.69) is 20.2 Å². The lowest BCUT2D eigenvalue weighted by molar-refractivity contribution is 0.415. The van der Waals surface area contributed by atoms with Gasteiger partial charge in [0.2, 0.25) is 5.89 Å². The molecule has 160 valence electrons. The number of nitrogens with zero attached hydrogens (tertiary/aromatic N) is 3. The van der Waals surface area contributed by atoms with Crippen LogP contribution in [0, 0.1) is 0 Å². The summed E-state index contributed by atoms with van der Waals surface area (Å²) in [5, 5.41) is 8.81. The smallest absolute Gasteiger partial charge is 0.250 e. The first-order valence-electron chi connectivity index (χ1n) is 9.27. The molecule has 0 bridgehead atoms. The Morgan fingerprint density at radius 1 is 0.781 bits per heavy atom. The minimum absolute atomic E-state index is 0.0809. The van der Waals surface area contributed by atoms with Gasteiger partial charge in [-0.25, -0.2) is 4.98 Å². The van der Waals surface area contributed by atoms with Crippen molar-refractivity contribution in [2.75, 3.05) is 7.11 Å². The molecule has 0 saturated heterocycles. The number of rotatable bonds is 4. The minimum Gasteiger partial charge on any atom is -0.497 e. The molecular formula is C22H12Cl4N4O2. The zero-order chi connectivity index (χ0) is 22.4. The van der Waals surface area contributed by atoms with E-state index in [9.17, 15) is 0 Å². The number of imidazole rings is 1. The van der Waals surface area contributed by atoms with Crippen LogP contribution in [0.1, 0.15) is 0 Å². The minimum atomic E-state index is 0.0809. The number of fused-ring (bicyclic) bond motifs is 1. The Balaban J connectivity index is 1.71. The van der Waals surface area contributed by atoms with E-state index in [4.69, 9.17) is 55.6 Å². The highest BCUT2D eigenvalue weighted by Crippen LogP contribution is 2.49. The van der Waals surface area contributed by atoms with Crippen molar-refractivity contribution in [1.82, 2.24) is 20.2 Å². The van der Waals surface area contributed by atoms with Crippen LogP contribution in [0.25, 0.3) is 45.3 Å². The molecule has 0 fully saturated rings. The average Bonchev–Trinajstić information content (AvgIpc) is 3.47. The summed E-state index contributed by atoms with van der Waals surface area (Å²) in [6, 6.07) is 14.7. The zero-order valence-corrected chi connectivity index (χ0v) is 19.3. The molecule has 3 aromatic carbocycles. The summed E-state index contributed by atoms with van der Waals surface area (Å²) in [5.74, 6) is 1.56. The number of methoxy groups -OCH3 is 1. The van der Waals surface area contributed by atoms with Crippen LogP contribution in [0.15, 0.2) is 52.9 Å². The van der Waals surface area contributed by atoms with E-state index < -0.39 is 0 Å². The number of H-pyrrole nitrogens is 1. The molecule has 5 rings (SSSR count). The third-order valence-corrected chi connectivity index (χ3v) is 6.67. The van der Waals surface area contributed by atoms with E-state index >= 15 is 0 Å². The van der Waals surface area contributed by atoms with E-state index in [1.54, 1.807) is 31.4 Å². The van der Waals surface area contributed by atoms with Crippen LogP contribution in [0.3, 0.4) is 0 Å². The molecule has 0 aliphatic rings.